The van der Waals surface area contributed by atoms with Crippen LogP contribution in [0.1, 0.15) is 10.4 Å². The summed E-state index contributed by atoms with van der Waals surface area (Å²) in [5.41, 5.74) is 0.236. The Morgan fingerprint density at radius 2 is 2.21 bits per heavy atom. The Kier molecular flexibility index (Phi) is 1.78. The highest BCUT2D eigenvalue weighted by atomic mass is 16.4. The second-order valence-corrected chi connectivity index (χ2v) is 2.79. The molecule has 2 heterocycles. The number of H-pyrrole nitrogens is 1. The Balaban J connectivity index is 2.73. The first-order chi connectivity index (χ1) is 6.66. The van der Waals surface area contributed by atoms with Crippen molar-refractivity contribution in [1.29, 1.82) is 0 Å². The highest BCUT2D eigenvalue weighted by Crippen LogP contribution is 2.08. The van der Waals surface area contributed by atoms with Crippen LogP contribution >= 0.6 is 0 Å². The number of rotatable bonds is 1. The van der Waals surface area contributed by atoms with Crippen molar-refractivity contribution in [2.24, 2.45) is 0 Å². The highest BCUT2D eigenvalue weighted by Gasteiger charge is 2.04. The molecule has 0 saturated heterocycles. The Labute approximate surface area is 78.0 Å². The number of pyridine rings is 2. The molecule has 0 aliphatic carbocycles. The molecule has 2 aromatic rings. The van der Waals surface area contributed by atoms with Crippen LogP contribution in [0, 0.1) is 0 Å². The minimum atomic E-state index is -1.04. The van der Waals surface area contributed by atoms with Gasteiger partial charge >= 0.3 is 5.97 Å². The summed E-state index contributed by atoms with van der Waals surface area (Å²) in [6, 6.07) is 4.32. The molecule has 70 valence electrons. The number of carbonyl (C=O) groups is 1. The van der Waals surface area contributed by atoms with Gasteiger partial charge in [-0.05, 0) is 12.1 Å². The van der Waals surface area contributed by atoms with Gasteiger partial charge in [-0.25, -0.2) is 9.78 Å². The van der Waals surface area contributed by atoms with Gasteiger partial charge in [0.05, 0.1) is 5.56 Å². The summed E-state index contributed by atoms with van der Waals surface area (Å²) in [4.78, 5) is 27.8. The van der Waals surface area contributed by atoms with Crippen LogP contribution in [-0.4, -0.2) is 21.0 Å². The van der Waals surface area contributed by atoms with Crippen molar-refractivity contribution in [3.8, 4) is 0 Å². The van der Waals surface area contributed by atoms with Gasteiger partial charge in [0.25, 0.3) is 0 Å². The maximum absolute atomic E-state index is 10.9. The van der Waals surface area contributed by atoms with Crippen molar-refractivity contribution in [2.75, 3.05) is 0 Å². The largest absolute Gasteiger partial charge is 0.478 e. The lowest BCUT2D eigenvalue weighted by Crippen LogP contribution is -2.05. The van der Waals surface area contributed by atoms with E-state index < -0.39 is 5.97 Å². The van der Waals surface area contributed by atoms with Crippen molar-refractivity contribution in [2.45, 2.75) is 0 Å². The monoisotopic (exact) mass is 190 g/mol. The maximum Gasteiger partial charge on any atom is 0.337 e. The number of fused-ring (bicyclic) bond motifs is 1. The van der Waals surface area contributed by atoms with Crippen molar-refractivity contribution >= 4 is 17.0 Å². The molecule has 5 heteroatoms. The molecule has 0 unspecified atom stereocenters. The second-order valence-electron chi connectivity index (χ2n) is 2.79. The number of nitrogens with zero attached hydrogens (tertiary/aromatic N) is 1. The third-order valence-corrected chi connectivity index (χ3v) is 1.82. The molecule has 2 rings (SSSR count). The number of aromatic carboxylic acids is 1. The van der Waals surface area contributed by atoms with Crippen LogP contribution in [0.4, 0.5) is 0 Å². The molecule has 0 aromatic carbocycles. The van der Waals surface area contributed by atoms with E-state index in [-0.39, 0.29) is 11.1 Å². The standard InChI is InChI=1S/C9H6N2O3/c12-7-2-1-5-3-6(9(13)14)4-10-8(5)11-7/h1-4H,(H,13,14)(H,10,11,12). The first kappa shape index (κ1) is 8.43. The zero-order valence-corrected chi connectivity index (χ0v) is 7.02. The smallest absolute Gasteiger partial charge is 0.337 e. The molecule has 0 radical (unpaired) electrons. The van der Waals surface area contributed by atoms with Crippen LogP contribution in [0.15, 0.2) is 29.2 Å². The van der Waals surface area contributed by atoms with Gasteiger partial charge in [-0.15, -0.1) is 0 Å². The summed E-state index contributed by atoms with van der Waals surface area (Å²) in [6.45, 7) is 0. The van der Waals surface area contributed by atoms with Gasteiger partial charge in [0, 0.05) is 17.6 Å². The van der Waals surface area contributed by atoms with E-state index in [4.69, 9.17) is 5.11 Å². The predicted octanol–water partition coefficient (Wildman–Crippen LogP) is 0.621. The fraction of sp³-hybridized carbons (Fsp3) is 0. The molecule has 0 spiro atoms. The van der Waals surface area contributed by atoms with E-state index in [1.807, 2.05) is 0 Å². The molecule has 2 aromatic heterocycles. The quantitative estimate of drug-likeness (QED) is 0.690. The minimum Gasteiger partial charge on any atom is -0.478 e. The molecule has 0 amide bonds. The number of hydrogen-bond acceptors (Lipinski definition) is 3. The molecule has 0 atom stereocenters. The maximum atomic E-state index is 10.9. The molecule has 5 nitrogen and oxygen atoms in total. The molecule has 14 heavy (non-hydrogen) atoms. The molecule has 0 aliphatic rings. The lowest BCUT2D eigenvalue weighted by atomic mass is 10.2. The molecule has 0 saturated carbocycles. The van der Waals surface area contributed by atoms with Gasteiger partial charge in [0.1, 0.15) is 5.65 Å². The Bertz CT molecular complexity index is 559. The lowest BCUT2D eigenvalue weighted by molar-refractivity contribution is 0.0696. The summed E-state index contributed by atoms with van der Waals surface area (Å²) in [6.07, 6.45) is 1.21. The van der Waals surface area contributed by atoms with E-state index in [9.17, 15) is 9.59 Å². The summed E-state index contributed by atoms with van der Waals surface area (Å²) in [5, 5.41) is 9.29. The van der Waals surface area contributed by atoms with Crippen molar-refractivity contribution in [3.63, 3.8) is 0 Å². The lowest BCUT2D eigenvalue weighted by Gasteiger charge is -1.97. The number of nitrogens with one attached hydrogen (secondary N) is 1. The van der Waals surface area contributed by atoms with Gasteiger partial charge in [-0.1, -0.05) is 0 Å². The fourth-order valence-electron chi connectivity index (χ4n) is 1.15. The molecule has 0 aliphatic heterocycles. The third kappa shape index (κ3) is 1.35. The minimum absolute atomic E-state index is 0.101. The third-order valence-electron chi connectivity index (χ3n) is 1.82. The highest BCUT2D eigenvalue weighted by molar-refractivity contribution is 5.91. The number of carboxylic acids is 1. The Morgan fingerprint density at radius 3 is 2.93 bits per heavy atom. The van der Waals surface area contributed by atoms with Crippen LogP contribution in [0.3, 0.4) is 0 Å². The zero-order chi connectivity index (χ0) is 10.1. The van der Waals surface area contributed by atoms with Crippen LogP contribution in [0.5, 0.6) is 0 Å². The number of carboxylic acid groups (broad SMARTS) is 1. The van der Waals surface area contributed by atoms with E-state index in [0.717, 1.165) is 0 Å². The van der Waals surface area contributed by atoms with Gasteiger partial charge in [0.2, 0.25) is 5.56 Å². The van der Waals surface area contributed by atoms with Crippen LogP contribution in [0.2, 0.25) is 0 Å². The van der Waals surface area contributed by atoms with Gasteiger partial charge < -0.3 is 10.1 Å². The summed E-state index contributed by atoms with van der Waals surface area (Å²) in [7, 11) is 0. The summed E-state index contributed by atoms with van der Waals surface area (Å²) < 4.78 is 0. The Hall–Kier alpha value is -2.17. The zero-order valence-electron chi connectivity index (χ0n) is 7.02. The van der Waals surface area contributed by atoms with Crippen molar-refractivity contribution < 1.29 is 9.90 Å². The van der Waals surface area contributed by atoms with Crippen molar-refractivity contribution in [1.82, 2.24) is 9.97 Å². The average molecular weight is 190 g/mol. The van der Waals surface area contributed by atoms with E-state index in [0.29, 0.717) is 11.0 Å². The first-order valence-corrected chi connectivity index (χ1v) is 3.89. The molecule has 0 fully saturated rings. The normalized spacial score (nSPS) is 10.3. The van der Waals surface area contributed by atoms with E-state index in [1.165, 1.54) is 24.4 Å². The fourth-order valence-corrected chi connectivity index (χ4v) is 1.15. The van der Waals surface area contributed by atoms with Gasteiger partial charge in [0.15, 0.2) is 0 Å². The van der Waals surface area contributed by atoms with Crippen LogP contribution in [-0.2, 0) is 0 Å². The number of aromatic nitrogens is 2. The van der Waals surface area contributed by atoms with E-state index in [1.54, 1.807) is 0 Å². The second kappa shape index (κ2) is 2.95. The molecular formula is C9H6N2O3. The molecule has 0 bridgehead atoms. The molecule has 2 N–H and O–H groups in total. The number of aromatic amines is 1. The number of hydrogen-bond donors (Lipinski definition) is 2. The van der Waals surface area contributed by atoms with Crippen LogP contribution in [0.25, 0.3) is 11.0 Å². The predicted molar refractivity (Wildman–Crippen MR) is 49.3 cm³/mol. The topological polar surface area (TPSA) is 83.0 Å². The van der Waals surface area contributed by atoms with Gasteiger partial charge in [-0.2, -0.15) is 0 Å². The van der Waals surface area contributed by atoms with Gasteiger partial charge in [-0.3, -0.25) is 4.79 Å². The van der Waals surface area contributed by atoms with Crippen LogP contribution < -0.4 is 5.56 Å². The van der Waals surface area contributed by atoms with Crippen molar-refractivity contribution in [3.05, 3.63) is 40.3 Å². The summed E-state index contributed by atoms with van der Waals surface area (Å²) in [5.74, 6) is -1.04. The summed E-state index contributed by atoms with van der Waals surface area (Å²) >= 11 is 0. The van der Waals surface area contributed by atoms with E-state index in [2.05, 4.69) is 9.97 Å². The Morgan fingerprint density at radius 1 is 1.43 bits per heavy atom. The van der Waals surface area contributed by atoms with E-state index >= 15 is 0 Å². The average Bonchev–Trinajstić information content (AvgIpc) is 2.16. The first-order valence-electron chi connectivity index (χ1n) is 3.89. The molecular weight excluding hydrogens is 184 g/mol. The SMILES string of the molecule is O=C(O)c1cnc2[nH]c(=O)ccc2c1.